The first-order chi connectivity index (χ1) is 10.1. The van der Waals surface area contributed by atoms with Gasteiger partial charge in [-0.1, -0.05) is 30.3 Å². The van der Waals surface area contributed by atoms with E-state index in [1.54, 1.807) is 35.9 Å². The molecule has 1 atom stereocenters. The van der Waals surface area contributed by atoms with Gasteiger partial charge in [-0.05, 0) is 30.7 Å². The maximum atomic E-state index is 12.5. The predicted octanol–water partition coefficient (Wildman–Crippen LogP) is 2.71. The number of aliphatic hydroxyl groups excluding tert-OH is 1. The number of Topliss-reactive ketones (excluding diaryl/α,β-unsaturated/α-hetero) is 1. The zero-order chi connectivity index (χ0) is 15.4. The van der Waals surface area contributed by atoms with Crippen LogP contribution in [0.5, 0.6) is 0 Å². The van der Waals surface area contributed by atoms with E-state index in [2.05, 4.69) is 10.2 Å². The minimum absolute atomic E-state index is 0.0349. The molecule has 1 aromatic carbocycles. The fourth-order valence-electron chi connectivity index (χ4n) is 1.83. The van der Waals surface area contributed by atoms with Crippen molar-refractivity contribution in [1.29, 1.82) is 0 Å². The zero-order valence-electron chi connectivity index (χ0n) is 11.8. The van der Waals surface area contributed by atoms with Crippen LogP contribution in [0.25, 0.3) is 0 Å². The number of nitrogens with zero attached hydrogens (tertiary/aromatic N) is 3. The minimum Gasteiger partial charge on any atom is -0.388 e. The maximum Gasteiger partial charge on any atom is 0.191 e. The molecule has 0 saturated heterocycles. The van der Waals surface area contributed by atoms with Gasteiger partial charge in [-0.2, -0.15) is 0 Å². The Labute approximate surface area is 132 Å². The van der Waals surface area contributed by atoms with E-state index in [1.165, 1.54) is 11.8 Å². The first kappa shape index (κ1) is 16.0. The Hall–Kier alpha value is -1.37. The molecular weight excluding hydrogens is 310 g/mol. The lowest BCUT2D eigenvalue weighted by Gasteiger charge is -2.13. The number of hydrogen-bond donors (Lipinski definition) is 1. The first-order valence-electron chi connectivity index (χ1n) is 6.52. The molecule has 1 N–H and O–H groups in total. The van der Waals surface area contributed by atoms with Gasteiger partial charge in [0.15, 0.2) is 16.8 Å². The number of carbonyl (C=O) groups is 1. The van der Waals surface area contributed by atoms with Crippen molar-refractivity contribution in [2.24, 2.45) is 7.05 Å². The molecule has 1 unspecified atom stereocenters. The van der Waals surface area contributed by atoms with Gasteiger partial charge in [-0.3, -0.25) is 4.79 Å². The Morgan fingerprint density at radius 1 is 1.38 bits per heavy atom. The summed E-state index contributed by atoms with van der Waals surface area (Å²) in [5.41, 5.74) is 0.628. The van der Waals surface area contributed by atoms with Gasteiger partial charge in [-0.15, -0.1) is 10.2 Å². The van der Waals surface area contributed by atoms with E-state index in [0.29, 0.717) is 28.0 Å². The molecule has 112 valence electrons. The normalized spacial score (nSPS) is 12.4. The van der Waals surface area contributed by atoms with Crippen LogP contribution in [0.3, 0.4) is 0 Å². The van der Waals surface area contributed by atoms with Crippen LogP contribution in [0.1, 0.15) is 29.5 Å². The second kappa shape index (κ2) is 7.06. The third-order valence-corrected chi connectivity index (χ3v) is 4.76. The number of hydrogen-bond acceptors (Lipinski definition) is 5. The molecule has 0 bridgehead atoms. The Morgan fingerprint density at radius 2 is 2.05 bits per heavy atom. The number of benzene rings is 1. The van der Waals surface area contributed by atoms with Gasteiger partial charge < -0.3 is 9.67 Å². The van der Waals surface area contributed by atoms with Crippen molar-refractivity contribution in [3.05, 3.63) is 40.7 Å². The van der Waals surface area contributed by atoms with Gasteiger partial charge >= 0.3 is 0 Å². The molecular formula is C14H16ClN3O2S. The molecule has 0 saturated carbocycles. The van der Waals surface area contributed by atoms with E-state index in [4.69, 9.17) is 16.7 Å². The molecule has 2 rings (SSSR count). The van der Waals surface area contributed by atoms with Crippen LogP contribution in [-0.4, -0.2) is 30.9 Å². The Kier molecular flexibility index (Phi) is 5.39. The Bertz CT molecular complexity index is 628. The van der Waals surface area contributed by atoms with Crippen molar-refractivity contribution in [2.75, 3.05) is 0 Å². The third kappa shape index (κ3) is 3.64. The molecule has 21 heavy (non-hydrogen) atoms. The van der Waals surface area contributed by atoms with Crippen molar-refractivity contribution < 1.29 is 9.90 Å². The molecule has 1 aromatic heterocycles. The monoisotopic (exact) mass is 325 g/mol. The summed E-state index contributed by atoms with van der Waals surface area (Å²) in [4.78, 5) is 12.5. The van der Waals surface area contributed by atoms with Gasteiger partial charge in [0.25, 0.3) is 0 Å². The van der Waals surface area contributed by atoms with Crippen molar-refractivity contribution in [1.82, 2.24) is 14.8 Å². The first-order valence-corrected chi connectivity index (χ1v) is 7.78. The fraction of sp³-hybridized carbons (Fsp3) is 0.357. The lowest BCUT2D eigenvalue weighted by molar-refractivity contribution is 0.0988. The second-order valence-corrected chi connectivity index (χ2v) is 6.11. The molecule has 0 radical (unpaired) electrons. The van der Waals surface area contributed by atoms with Crippen LogP contribution < -0.4 is 0 Å². The number of rotatable bonds is 6. The van der Waals surface area contributed by atoms with E-state index < -0.39 is 0 Å². The number of halogens is 1. The molecule has 2 aromatic rings. The van der Waals surface area contributed by atoms with Crippen molar-refractivity contribution in [2.45, 2.75) is 30.4 Å². The SMILES string of the molecule is CCC(Sc1nnc(CO)n1C)C(=O)c1ccc(Cl)cc1. The Balaban J connectivity index is 2.17. The Morgan fingerprint density at radius 3 is 2.57 bits per heavy atom. The summed E-state index contributed by atoms with van der Waals surface area (Å²) in [6, 6.07) is 6.87. The van der Waals surface area contributed by atoms with Gasteiger partial charge in [0, 0.05) is 17.6 Å². The smallest absolute Gasteiger partial charge is 0.191 e. The molecule has 0 amide bonds. The van der Waals surface area contributed by atoms with Crippen molar-refractivity contribution in [3.8, 4) is 0 Å². The average molecular weight is 326 g/mol. The number of aromatic nitrogens is 3. The standard InChI is InChI=1S/C14H16ClN3O2S/c1-3-11(13(20)9-4-6-10(15)7-5-9)21-14-17-16-12(8-19)18(14)2/h4-7,11,19H,3,8H2,1-2H3. The van der Waals surface area contributed by atoms with Crippen molar-refractivity contribution >= 4 is 29.1 Å². The second-order valence-electron chi connectivity index (χ2n) is 4.50. The summed E-state index contributed by atoms with van der Waals surface area (Å²) in [7, 11) is 1.77. The molecule has 0 fully saturated rings. The van der Waals surface area contributed by atoms with Crippen LogP contribution in [0.2, 0.25) is 5.02 Å². The highest BCUT2D eigenvalue weighted by atomic mass is 35.5. The highest BCUT2D eigenvalue weighted by Crippen LogP contribution is 2.27. The highest BCUT2D eigenvalue weighted by molar-refractivity contribution is 8.00. The topological polar surface area (TPSA) is 68.0 Å². The lowest BCUT2D eigenvalue weighted by Crippen LogP contribution is -2.17. The summed E-state index contributed by atoms with van der Waals surface area (Å²) >= 11 is 7.19. The van der Waals surface area contributed by atoms with Crippen LogP contribution in [0.15, 0.2) is 29.4 Å². The van der Waals surface area contributed by atoms with Crippen LogP contribution in [-0.2, 0) is 13.7 Å². The summed E-state index contributed by atoms with van der Waals surface area (Å²) in [6.45, 7) is 1.78. The molecule has 0 spiro atoms. The third-order valence-electron chi connectivity index (χ3n) is 3.11. The largest absolute Gasteiger partial charge is 0.388 e. The zero-order valence-corrected chi connectivity index (χ0v) is 13.4. The van der Waals surface area contributed by atoms with Crippen LogP contribution >= 0.6 is 23.4 Å². The number of thioether (sulfide) groups is 1. The van der Waals surface area contributed by atoms with E-state index in [9.17, 15) is 4.79 Å². The van der Waals surface area contributed by atoms with E-state index >= 15 is 0 Å². The lowest BCUT2D eigenvalue weighted by atomic mass is 10.1. The summed E-state index contributed by atoms with van der Waals surface area (Å²) in [5, 5.41) is 18.0. The summed E-state index contributed by atoms with van der Waals surface area (Å²) in [5.74, 6) is 0.513. The summed E-state index contributed by atoms with van der Waals surface area (Å²) in [6.07, 6.45) is 0.674. The molecule has 5 nitrogen and oxygen atoms in total. The van der Waals surface area contributed by atoms with Crippen LogP contribution in [0, 0.1) is 0 Å². The maximum absolute atomic E-state index is 12.5. The number of aliphatic hydroxyl groups is 1. The number of carbonyl (C=O) groups excluding carboxylic acids is 1. The summed E-state index contributed by atoms with van der Waals surface area (Å²) < 4.78 is 1.70. The minimum atomic E-state index is -0.249. The molecule has 0 aliphatic heterocycles. The molecule has 1 heterocycles. The fourth-order valence-corrected chi connectivity index (χ4v) is 2.98. The van der Waals surface area contributed by atoms with Gasteiger partial charge in [0.2, 0.25) is 0 Å². The predicted molar refractivity (Wildman–Crippen MR) is 82.6 cm³/mol. The van der Waals surface area contributed by atoms with E-state index in [0.717, 1.165) is 0 Å². The number of ketones is 1. The van der Waals surface area contributed by atoms with E-state index in [-0.39, 0.29) is 17.6 Å². The molecule has 7 heteroatoms. The van der Waals surface area contributed by atoms with Gasteiger partial charge in [0.05, 0.1) is 5.25 Å². The van der Waals surface area contributed by atoms with Crippen molar-refractivity contribution in [3.63, 3.8) is 0 Å². The highest BCUT2D eigenvalue weighted by Gasteiger charge is 2.22. The van der Waals surface area contributed by atoms with Gasteiger partial charge in [-0.25, -0.2) is 0 Å². The average Bonchev–Trinajstić information content (AvgIpc) is 2.85. The quantitative estimate of drug-likeness (QED) is 0.653. The van der Waals surface area contributed by atoms with Gasteiger partial charge in [0.1, 0.15) is 6.61 Å². The van der Waals surface area contributed by atoms with Crippen LogP contribution in [0.4, 0.5) is 0 Å². The molecule has 0 aliphatic rings. The molecule has 0 aliphatic carbocycles. The van der Waals surface area contributed by atoms with E-state index in [1.807, 2.05) is 6.92 Å².